The first-order valence-electron chi connectivity index (χ1n) is 4.75. The van der Waals surface area contributed by atoms with Crippen molar-refractivity contribution in [2.45, 2.75) is 19.8 Å². The summed E-state index contributed by atoms with van der Waals surface area (Å²) in [5, 5.41) is 0. The van der Waals surface area contributed by atoms with Crippen molar-refractivity contribution in [3.05, 3.63) is 0 Å². The van der Waals surface area contributed by atoms with Gasteiger partial charge in [0.15, 0.2) is 0 Å². The highest BCUT2D eigenvalue weighted by atomic mass is 35.5. The Bertz CT molecular complexity index is 231. The maximum absolute atomic E-state index is 11.4. The van der Waals surface area contributed by atoms with Gasteiger partial charge in [0.05, 0.1) is 5.75 Å². The third-order valence-electron chi connectivity index (χ3n) is 1.72. The summed E-state index contributed by atoms with van der Waals surface area (Å²) in [5.74, 6) is 0.451. The van der Waals surface area contributed by atoms with Crippen LogP contribution in [0.2, 0.25) is 0 Å². The minimum atomic E-state index is -3.15. The summed E-state index contributed by atoms with van der Waals surface area (Å²) in [4.78, 5) is 0. The SMILES string of the molecule is CC(CCl)CS(=O)(=O)NCCCCN. The second kappa shape index (κ2) is 7.45. The van der Waals surface area contributed by atoms with E-state index in [9.17, 15) is 8.42 Å². The monoisotopic (exact) mass is 242 g/mol. The van der Waals surface area contributed by atoms with Crippen LogP contribution in [0.5, 0.6) is 0 Å². The number of nitrogens with two attached hydrogens (primary N) is 1. The third kappa shape index (κ3) is 7.55. The van der Waals surface area contributed by atoms with E-state index in [4.69, 9.17) is 17.3 Å². The van der Waals surface area contributed by atoms with E-state index in [1.54, 1.807) is 0 Å². The summed E-state index contributed by atoms with van der Waals surface area (Å²) in [6, 6.07) is 0. The number of alkyl halides is 1. The molecule has 4 nitrogen and oxygen atoms in total. The smallest absolute Gasteiger partial charge is 0.211 e. The molecule has 0 aliphatic rings. The molecule has 14 heavy (non-hydrogen) atoms. The number of rotatable bonds is 8. The van der Waals surface area contributed by atoms with Crippen LogP contribution in [0.3, 0.4) is 0 Å². The lowest BCUT2D eigenvalue weighted by atomic mass is 10.3. The molecule has 0 amide bonds. The van der Waals surface area contributed by atoms with Gasteiger partial charge < -0.3 is 5.73 Å². The van der Waals surface area contributed by atoms with Gasteiger partial charge in [0.25, 0.3) is 0 Å². The van der Waals surface area contributed by atoms with Crippen molar-refractivity contribution in [1.82, 2.24) is 4.72 Å². The molecular formula is C8H19ClN2O2S. The molecule has 6 heteroatoms. The lowest BCUT2D eigenvalue weighted by molar-refractivity contribution is 0.565. The predicted molar refractivity (Wildman–Crippen MR) is 60.0 cm³/mol. The Kier molecular flexibility index (Phi) is 7.54. The standard InChI is InChI=1S/C8H19ClN2O2S/c1-8(6-9)7-14(12,13)11-5-3-2-4-10/h8,11H,2-7,10H2,1H3. The maximum Gasteiger partial charge on any atom is 0.211 e. The number of sulfonamides is 1. The molecule has 0 saturated heterocycles. The Labute approximate surface area is 91.2 Å². The van der Waals surface area contributed by atoms with E-state index in [0.29, 0.717) is 19.0 Å². The predicted octanol–water partition coefficient (Wildman–Crippen LogP) is 0.520. The van der Waals surface area contributed by atoms with Crippen LogP contribution < -0.4 is 10.5 Å². The molecule has 86 valence electrons. The van der Waals surface area contributed by atoms with Gasteiger partial charge in [-0.25, -0.2) is 13.1 Å². The largest absolute Gasteiger partial charge is 0.330 e. The number of hydrogen-bond acceptors (Lipinski definition) is 3. The molecule has 0 aromatic rings. The fraction of sp³-hybridized carbons (Fsp3) is 1.00. The number of hydrogen-bond donors (Lipinski definition) is 2. The Morgan fingerprint density at radius 1 is 1.43 bits per heavy atom. The number of nitrogens with one attached hydrogen (secondary N) is 1. The van der Waals surface area contributed by atoms with E-state index in [0.717, 1.165) is 12.8 Å². The van der Waals surface area contributed by atoms with Crippen molar-refractivity contribution in [3.63, 3.8) is 0 Å². The van der Waals surface area contributed by atoms with Crippen LogP contribution in [0.1, 0.15) is 19.8 Å². The minimum Gasteiger partial charge on any atom is -0.330 e. The number of unbranched alkanes of at least 4 members (excludes halogenated alkanes) is 1. The van der Waals surface area contributed by atoms with Crippen molar-refractivity contribution < 1.29 is 8.42 Å². The van der Waals surface area contributed by atoms with E-state index in [2.05, 4.69) is 4.72 Å². The van der Waals surface area contributed by atoms with Crippen molar-refractivity contribution in [2.24, 2.45) is 11.7 Å². The van der Waals surface area contributed by atoms with Gasteiger partial charge in [-0.1, -0.05) is 6.92 Å². The average Bonchev–Trinajstić information content (AvgIpc) is 2.12. The lowest BCUT2D eigenvalue weighted by Crippen LogP contribution is -2.30. The fourth-order valence-electron chi connectivity index (χ4n) is 0.975. The second-order valence-corrected chi connectivity index (χ2v) is 5.59. The quantitative estimate of drug-likeness (QED) is 0.482. The van der Waals surface area contributed by atoms with Crippen LogP contribution >= 0.6 is 11.6 Å². The van der Waals surface area contributed by atoms with Gasteiger partial charge in [-0.05, 0) is 25.3 Å². The molecule has 1 atom stereocenters. The van der Waals surface area contributed by atoms with E-state index < -0.39 is 10.0 Å². The van der Waals surface area contributed by atoms with Crippen molar-refractivity contribution >= 4 is 21.6 Å². The van der Waals surface area contributed by atoms with Gasteiger partial charge in [-0.3, -0.25) is 0 Å². The van der Waals surface area contributed by atoms with Crippen LogP contribution in [0.25, 0.3) is 0 Å². The molecule has 0 fully saturated rings. The van der Waals surface area contributed by atoms with Gasteiger partial charge >= 0.3 is 0 Å². The average molecular weight is 243 g/mol. The van der Waals surface area contributed by atoms with Crippen molar-refractivity contribution in [1.29, 1.82) is 0 Å². The zero-order valence-electron chi connectivity index (χ0n) is 8.50. The van der Waals surface area contributed by atoms with Crippen LogP contribution in [-0.2, 0) is 10.0 Å². The van der Waals surface area contributed by atoms with E-state index in [-0.39, 0.29) is 11.7 Å². The topological polar surface area (TPSA) is 72.2 Å². The summed E-state index contributed by atoms with van der Waals surface area (Å²) in [6.07, 6.45) is 1.62. The first-order valence-corrected chi connectivity index (χ1v) is 6.94. The van der Waals surface area contributed by atoms with Crippen molar-refractivity contribution in [3.8, 4) is 0 Å². The normalized spacial score (nSPS) is 14.2. The molecular weight excluding hydrogens is 224 g/mol. The van der Waals surface area contributed by atoms with E-state index in [1.165, 1.54) is 0 Å². The molecule has 3 N–H and O–H groups in total. The highest BCUT2D eigenvalue weighted by molar-refractivity contribution is 7.89. The molecule has 0 aromatic carbocycles. The van der Waals surface area contributed by atoms with Gasteiger partial charge in [-0.2, -0.15) is 0 Å². The lowest BCUT2D eigenvalue weighted by Gasteiger charge is -2.09. The maximum atomic E-state index is 11.4. The summed E-state index contributed by atoms with van der Waals surface area (Å²) < 4.78 is 25.2. The molecule has 0 aliphatic heterocycles. The first kappa shape index (κ1) is 14.2. The van der Waals surface area contributed by atoms with Crippen LogP contribution in [0.15, 0.2) is 0 Å². The molecule has 0 bridgehead atoms. The summed E-state index contributed by atoms with van der Waals surface area (Å²) in [6.45, 7) is 2.88. The molecule has 0 saturated carbocycles. The van der Waals surface area contributed by atoms with Crippen molar-refractivity contribution in [2.75, 3.05) is 24.7 Å². The van der Waals surface area contributed by atoms with Gasteiger partial charge in [0.1, 0.15) is 0 Å². The Morgan fingerprint density at radius 2 is 2.07 bits per heavy atom. The molecule has 0 aliphatic carbocycles. The highest BCUT2D eigenvalue weighted by Gasteiger charge is 2.13. The molecule has 0 radical (unpaired) electrons. The Hall–Kier alpha value is 0.160. The van der Waals surface area contributed by atoms with E-state index >= 15 is 0 Å². The van der Waals surface area contributed by atoms with Gasteiger partial charge in [-0.15, -0.1) is 11.6 Å². The van der Waals surface area contributed by atoms with E-state index in [1.807, 2.05) is 6.92 Å². The van der Waals surface area contributed by atoms with Crippen LogP contribution in [0, 0.1) is 5.92 Å². The van der Waals surface area contributed by atoms with Crippen LogP contribution in [0.4, 0.5) is 0 Å². The van der Waals surface area contributed by atoms with Crippen LogP contribution in [-0.4, -0.2) is 33.1 Å². The summed E-state index contributed by atoms with van der Waals surface area (Å²) >= 11 is 5.53. The summed E-state index contributed by atoms with van der Waals surface area (Å²) in [5.41, 5.74) is 5.29. The molecule has 0 heterocycles. The molecule has 1 unspecified atom stereocenters. The first-order chi connectivity index (χ1) is 6.52. The fourth-order valence-corrected chi connectivity index (χ4v) is 2.65. The molecule has 0 spiro atoms. The molecule has 0 aromatic heterocycles. The van der Waals surface area contributed by atoms with Gasteiger partial charge in [0, 0.05) is 12.4 Å². The van der Waals surface area contributed by atoms with Gasteiger partial charge in [0.2, 0.25) is 10.0 Å². The molecule has 0 rings (SSSR count). The highest BCUT2D eigenvalue weighted by Crippen LogP contribution is 2.01. The zero-order valence-corrected chi connectivity index (χ0v) is 10.1. The number of halogens is 1. The second-order valence-electron chi connectivity index (χ2n) is 3.43. The Balaban J connectivity index is 3.73. The minimum absolute atomic E-state index is 0.0105. The summed E-state index contributed by atoms with van der Waals surface area (Å²) in [7, 11) is -3.15. The zero-order chi connectivity index (χ0) is 11.0. The Morgan fingerprint density at radius 3 is 2.57 bits per heavy atom. The third-order valence-corrected chi connectivity index (χ3v) is 3.90.